The van der Waals surface area contributed by atoms with E-state index in [1.54, 1.807) is 43.3 Å². The first-order valence-electron chi connectivity index (χ1n) is 8.03. The monoisotopic (exact) mass is 387 g/mol. The fraction of sp³-hybridized carbons (Fsp3) is 0.105. The van der Waals surface area contributed by atoms with Crippen molar-refractivity contribution in [3.05, 3.63) is 72.2 Å². The molecule has 3 aromatic rings. The van der Waals surface area contributed by atoms with Crippen LogP contribution < -0.4 is 14.8 Å². The first-order valence-corrected chi connectivity index (χ1v) is 9.52. The maximum absolute atomic E-state index is 12.9. The molecule has 0 radical (unpaired) electrons. The molecule has 0 bridgehead atoms. The third-order valence-electron chi connectivity index (χ3n) is 3.81. The summed E-state index contributed by atoms with van der Waals surface area (Å²) in [5.74, 6) is 0.795. The molecule has 2 N–H and O–H groups in total. The van der Waals surface area contributed by atoms with E-state index in [-0.39, 0.29) is 10.7 Å². The van der Waals surface area contributed by atoms with Gasteiger partial charge in [0, 0.05) is 5.69 Å². The second kappa shape index (κ2) is 7.63. The molecule has 0 fully saturated rings. The second-order valence-corrected chi connectivity index (χ2v) is 7.48. The molecule has 3 rings (SSSR count). The number of nitrogens with one attached hydrogen (secondary N) is 2. The number of aryl methyl sites for hydroxylation is 1. The molecule has 8 heteroatoms. The summed E-state index contributed by atoms with van der Waals surface area (Å²) in [7, 11) is -2.22. The van der Waals surface area contributed by atoms with Crippen LogP contribution in [0.25, 0.3) is 0 Å². The first-order chi connectivity index (χ1) is 12.9. The van der Waals surface area contributed by atoms with Crippen molar-refractivity contribution in [3.8, 4) is 5.75 Å². The minimum atomic E-state index is -3.74. The molecule has 0 aliphatic heterocycles. The Labute approximate surface area is 157 Å². The molecule has 0 unspecified atom stereocenters. The van der Waals surface area contributed by atoms with Crippen LogP contribution in [0.5, 0.6) is 5.75 Å². The van der Waals surface area contributed by atoms with E-state index < -0.39 is 10.0 Å². The summed E-state index contributed by atoms with van der Waals surface area (Å²) in [5.41, 5.74) is 1.72. The molecular formula is C19H18FN3O3S. The number of benzene rings is 2. The minimum absolute atomic E-state index is 0.134. The average molecular weight is 387 g/mol. The van der Waals surface area contributed by atoms with E-state index in [1.165, 1.54) is 31.5 Å². The van der Waals surface area contributed by atoms with Crippen molar-refractivity contribution >= 4 is 27.2 Å². The van der Waals surface area contributed by atoms with Gasteiger partial charge in [0.2, 0.25) is 0 Å². The van der Waals surface area contributed by atoms with Gasteiger partial charge in [-0.3, -0.25) is 4.72 Å². The SMILES string of the molecule is COc1ccc(S(=O)(=O)Nc2ccc(Nc3ccc(F)cc3)nc2)cc1C. The number of hydrogen-bond acceptors (Lipinski definition) is 5. The number of hydrogen-bond donors (Lipinski definition) is 2. The molecule has 0 atom stereocenters. The Kier molecular flexibility index (Phi) is 5.27. The van der Waals surface area contributed by atoms with Crippen molar-refractivity contribution in [2.24, 2.45) is 0 Å². The molecular weight excluding hydrogens is 369 g/mol. The summed E-state index contributed by atoms with van der Waals surface area (Å²) in [5, 5.41) is 3.00. The van der Waals surface area contributed by atoms with Crippen molar-refractivity contribution in [1.29, 1.82) is 0 Å². The molecule has 2 aromatic carbocycles. The Hall–Kier alpha value is -3.13. The molecule has 0 aliphatic carbocycles. The fourth-order valence-corrected chi connectivity index (χ4v) is 3.57. The topological polar surface area (TPSA) is 80.3 Å². The van der Waals surface area contributed by atoms with E-state index in [0.29, 0.717) is 22.9 Å². The van der Waals surface area contributed by atoms with Gasteiger partial charge in [0.05, 0.1) is 23.9 Å². The largest absolute Gasteiger partial charge is 0.496 e. The van der Waals surface area contributed by atoms with Crippen LogP contribution in [-0.2, 0) is 10.0 Å². The molecule has 140 valence electrons. The molecule has 0 saturated carbocycles. The van der Waals surface area contributed by atoms with Crippen molar-refractivity contribution < 1.29 is 17.5 Å². The minimum Gasteiger partial charge on any atom is -0.496 e. The van der Waals surface area contributed by atoms with Gasteiger partial charge < -0.3 is 10.1 Å². The quantitative estimate of drug-likeness (QED) is 0.666. The standard InChI is InChI=1S/C19H18FN3O3S/c1-13-11-17(8-9-18(13)26-2)27(24,25)23-16-7-10-19(21-12-16)22-15-5-3-14(20)4-6-15/h3-12,23H,1-2H3,(H,21,22). The lowest BCUT2D eigenvalue weighted by Crippen LogP contribution is -2.13. The number of rotatable bonds is 6. The van der Waals surface area contributed by atoms with Crippen LogP contribution in [0.3, 0.4) is 0 Å². The van der Waals surface area contributed by atoms with Crippen LogP contribution in [-0.4, -0.2) is 20.5 Å². The van der Waals surface area contributed by atoms with Gasteiger partial charge in [0.15, 0.2) is 0 Å². The number of halogens is 1. The van der Waals surface area contributed by atoms with Crippen molar-refractivity contribution in [3.63, 3.8) is 0 Å². The summed E-state index contributed by atoms with van der Waals surface area (Å²) in [6.45, 7) is 1.77. The van der Waals surface area contributed by atoms with E-state index in [0.717, 1.165) is 5.56 Å². The molecule has 1 aromatic heterocycles. The Balaban J connectivity index is 1.73. The second-order valence-electron chi connectivity index (χ2n) is 5.80. The molecule has 0 amide bonds. The lowest BCUT2D eigenvalue weighted by atomic mass is 10.2. The van der Waals surface area contributed by atoms with Crippen LogP contribution in [0.1, 0.15) is 5.56 Å². The van der Waals surface area contributed by atoms with Crippen LogP contribution in [0, 0.1) is 12.7 Å². The summed E-state index contributed by atoms with van der Waals surface area (Å²) in [4.78, 5) is 4.30. The number of anilines is 3. The van der Waals surface area contributed by atoms with Gasteiger partial charge in [-0.25, -0.2) is 17.8 Å². The van der Waals surface area contributed by atoms with Gasteiger partial charge >= 0.3 is 0 Å². The van der Waals surface area contributed by atoms with E-state index in [9.17, 15) is 12.8 Å². The number of sulfonamides is 1. The normalized spacial score (nSPS) is 11.1. The summed E-state index contributed by atoms with van der Waals surface area (Å²) >= 11 is 0. The average Bonchev–Trinajstić information content (AvgIpc) is 2.65. The van der Waals surface area contributed by atoms with E-state index in [1.807, 2.05) is 0 Å². The summed E-state index contributed by atoms with van der Waals surface area (Å²) in [6, 6.07) is 13.7. The highest BCUT2D eigenvalue weighted by Crippen LogP contribution is 2.23. The zero-order chi connectivity index (χ0) is 19.4. The zero-order valence-corrected chi connectivity index (χ0v) is 15.5. The molecule has 27 heavy (non-hydrogen) atoms. The molecule has 1 heterocycles. The fourth-order valence-electron chi connectivity index (χ4n) is 2.44. The Bertz CT molecular complexity index is 1040. The molecule has 6 nitrogen and oxygen atoms in total. The summed E-state index contributed by atoms with van der Waals surface area (Å²) in [6.07, 6.45) is 1.40. The van der Waals surface area contributed by atoms with E-state index in [2.05, 4.69) is 15.0 Å². The smallest absolute Gasteiger partial charge is 0.261 e. The first kappa shape index (κ1) is 18.7. The number of ether oxygens (including phenoxy) is 1. The number of nitrogens with zero attached hydrogens (tertiary/aromatic N) is 1. The van der Waals surface area contributed by atoms with Crippen LogP contribution in [0.2, 0.25) is 0 Å². The lowest BCUT2D eigenvalue weighted by molar-refractivity contribution is 0.411. The Morgan fingerprint density at radius 2 is 1.70 bits per heavy atom. The highest BCUT2D eigenvalue weighted by molar-refractivity contribution is 7.92. The Morgan fingerprint density at radius 1 is 1.00 bits per heavy atom. The number of methoxy groups -OCH3 is 1. The number of pyridine rings is 1. The third-order valence-corrected chi connectivity index (χ3v) is 5.19. The highest BCUT2D eigenvalue weighted by atomic mass is 32.2. The molecule has 0 spiro atoms. The van der Waals surface area contributed by atoms with Crippen molar-refractivity contribution in [1.82, 2.24) is 4.98 Å². The predicted molar refractivity (Wildman–Crippen MR) is 102 cm³/mol. The van der Waals surface area contributed by atoms with Crippen LogP contribution >= 0.6 is 0 Å². The highest BCUT2D eigenvalue weighted by Gasteiger charge is 2.16. The zero-order valence-electron chi connectivity index (χ0n) is 14.7. The van der Waals surface area contributed by atoms with E-state index >= 15 is 0 Å². The van der Waals surface area contributed by atoms with Gasteiger partial charge in [-0.2, -0.15) is 0 Å². The van der Waals surface area contributed by atoms with Gasteiger partial charge in [-0.1, -0.05) is 0 Å². The van der Waals surface area contributed by atoms with Gasteiger partial charge in [0.1, 0.15) is 17.4 Å². The van der Waals surface area contributed by atoms with Crippen LogP contribution in [0.15, 0.2) is 65.7 Å². The maximum Gasteiger partial charge on any atom is 0.261 e. The predicted octanol–water partition coefficient (Wildman–Crippen LogP) is 4.08. The van der Waals surface area contributed by atoms with Gasteiger partial charge in [0.25, 0.3) is 10.0 Å². The Morgan fingerprint density at radius 3 is 2.30 bits per heavy atom. The maximum atomic E-state index is 12.9. The van der Waals surface area contributed by atoms with Gasteiger partial charge in [-0.15, -0.1) is 0 Å². The number of aromatic nitrogens is 1. The molecule has 0 saturated heterocycles. The summed E-state index contributed by atoms with van der Waals surface area (Å²) < 4.78 is 45.6. The molecule has 0 aliphatic rings. The lowest BCUT2D eigenvalue weighted by Gasteiger charge is -2.11. The van der Waals surface area contributed by atoms with Gasteiger partial charge in [-0.05, 0) is 67.1 Å². The van der Waals surface area contributed by atoms with Crippen LogP contribution in [0.4, 0.5) is 21.6 Å². The van der Waals surface area contributed by atoms with Crippen molar-refractivity contribution in [2.75, 3.05) is 17.1 Å². The van der Waals surface area contributed by atoms with Crippen molar-refractivity contribution in [2.45, 2.75) is 11.8 Å². The van der Waals surface area contributed by atoms with E-state index in [4.69, 9.17) is 4.74 Å². The third kappa shape index (κ3) is 4.53.